The van der Waals surface area contributed by atoms with Crippen molar-refractivity contribution in [1.29, 1.82) is 0 Å². The maximum absolute atomic E-state index is 10.1. The molecule has 0 saturated carbocycles. The number of aromatic hydroxyl groups is 1. The number of benzene rings is 2. The number of hydrogen-bond acceptors (Lipinski definition) is 5. The van der Waals surface area contributed by atoms with Crippen LogP contribution in [0.5, 0.6) is 11.5 Å². The molecular weight excluding hydrogens is 314 g/mol. The number of nitrogens with zero attached hydrogens (tertiary/aromatic N) is 3. The van der Waals surface area contributed by atoms with Crippen molar-refractivity contribution in [3.05, 3.63) is 59.7 Å². The lowest BCUT2D eigenvalue weighted by Crippen LogP contribution is -2.43. The molecule has 0 radical (unpaired) electrons. The van der Waals surface area contributed by atoms with Gasteiger partial charge in [0.1, 0.15) is 11.5 Å². The van der Waals surface area contributed by atoms with E-state index in [2.05, 4.69) is 39.3 Å². The lowest BCUT2D eigenvalue weighted by molar-refractivity contribution is 0.131. The average molecular weight is 339 g/mol. The van der Waals surface area contributed by atoms with E-state index in [1.54, 1.807) is 12.3 Å². The first-order valence-corrected chi connectivity index (χ1v) is 8.75. The van der Waals surface area contributed by atoms with Crippen LogP contribution in [0.2, 0.25) is 0 Å². The number of hydrazone groups is 1. The Morgan fingerprint density at radius 3 is 2.52 bits per heavy atom. The summed E-state index contributed by atoms with van der Waals surface area (Å²) in [5.41, 5.74) is 2.05. The van der Waals surface area contributed by atoms with Crippen molar-refractivity contribution in [2.75, 3.05) is 32.8 Å². The lowest BCUT2D eigenvalue weighted by Gasteiger charge is -2.33. The standard InChI is InChI=1S/C20H25N3O2/c1-2-25-19-9-8-18(20(24)14-19)15-21-23-12-10-22(11-13-23)16-17-6-4-3-5-7-17/h3-9,14-15,24H,2,10-13,16H2,1H3/b21-15+. The molecule has 0 unspecified atom stereocenters. The van der Waals surface area contributed by atoms with Gasteiger partial charge in [0.25, 0.3) is 0 Å². The number of phenols is 1. The summed E-state index contributed by atoms with van der Waals surface area (Å²) in [5.74, 6) is 0.865. The minimum Gasteiger partial charge on any atom is -0.507 e. The summed E-state index contributed by atoms with van der Waals surface area (Å²) in [6, 6.07) is 15.9. The minimum absolute atomic E-state index is 0.192. The summed E-state index contributed by atoms with van der Waals surface area (Å²) in [7, 11) is 0. The SMILES string of the molecule is CCOc1ccc(/C=N/N2CCN(Cc3ccccc3)CC2)c(O)c1. The molecule has 3 rings (SSSR count). The van der Waals surface area contributed by atoms with Gasteiger partial charge in [-0.1, -0.05) is 30.3 Å². The molecule has 0 spiro atoms. The van der Waals surface area contributed by atoms with E-state index >= 15 is 0 Å². The van der Waals surface area contributed by atoms with Gasteiger partial charge in [-0.15, -0.1) is 0 Å². The second kappa shape index (κ2) is 8.53. The van der Waals surface area contributed by atoms with Gasteiger partial charge >= 0.3 is 0 Å². The maximum atomic E-state index is 10.1. The van der Waals surface area contributed by atoms with Gasteiger partial charge < -0.3 is 9.84 Å². The molecule has 2 aromatic rings. The van der Waals surface area contributed by atoms with Crippen LogP contribution in [-0.2, 0) is 6.54 Å². The first-order valence-electron chi connectivity index (χ1n) is 8.75. The zero-order chi connectivity index (χ0) is 17.5. The van der Waals surface area contributed by atoms with Crippen LogP contribution in [0.4, 0.5) is 0 Å². The van der Waals surface area contributed by atoms with Gasteiger partial charge in [0, 0.05) is 44.4 Å². The molecule has 1 N–H and O–H groups in total. The molecule has 0 aromatic heterocycles. The predicted molar refractivity (Wildman–Crippen MR) is 100 cm³/mol. The number of phenolic OH excluding ortho intramolecular Hbond substituents is 1. The van der Waals surface area contributed by atoms with Crippen LogP contribution in [-0.4, -0.2) is 54.0 Å². The summed E-state index contributed by atoms with van der Waals surface area (Å²) in [6.45, 7) is 7.24. The predicted octanol–water partition coefficient (Wildman–Crippen LogP) is 2.94. The highest BCUT2D eigenvalue weighted by molar-refractivity contribution is 5.83. The molecule has 1 fully saturated rings. The van der Waals surface area contributed by atoms with Gasteiger partial charge in [0.05, 0.1) is 12.8 Å². The molecule has 2 aromatic carbocycles. The van der Waals surface area contributed by atoms with Crippen LogP contribution >= 0.6 is 0 Å². The normalized spacial score (nSPS) is 15.6. The largest absolute Gasteiger partial charge is 0.507 e. The first kappa shape index (κ1) is 17.3. The molecule has 132 valence electrons. The van der Waals surface area contributed by atoms with Crippen molar-refractivity contribution >= 4 is 6.21 Å². The molecule has 0 amide bonds. The molecule has 0 atom stereocenters. The third-order valence-electron chi connectivity index (χ3n) is 4.27. The van der Waals surface area contributed by atoms with Crippen LogP contribution in [0.25, 0.3) is 0 Å². The number of ether oxygens (including phenoxy) is 1. The van der Waals surface area contributed by atoms with Gasteiger partial charge in [-0.2, -0.15) is 5.10 Å². The second-order valence-corrected chi connectivity index (χ2v) is 6.11. The van der Waals surface area contributed by atoms with Crippen LogP contribution in [0.3, 0.4) is 0 Å². The quantitative estimate of drug-likeness (QED) is 0.822. The Bertz CT molecular complexity index is 695. The number of rotatable bonds is 6. The van der Waals surface area contributed by atoms with Crippen molar-refractivity contribution in [1.82, 2.24) is 9.91 Å². The van der Waals surface area contributed by atoms with E-state index in [4.69, 9.17) is 4.74 Å². The molecule has 0 bridgehead atoms. The van der Waals surface area contributed by atoms with Crippen molar-refractivity contribution in [3.8, 4) is 11.5 Å². The Morgan fingerprint density at radius 2 is 1.84 bits per heavy atom. The van der Waals surface area contributed by atoms with Crippen LogP contribution in [0.15, 0.2) is 53.6 Å². The highest BCUT2D eigenvalue weighted by atomic mass is 16.5. The van der Waals surface area contributed by atoms with Crippen LogP contribution in [0.1, 0.15) is 18.1 Å². The van der Waals surface area contributed by atoms with E-state index in [9.17, 15) is 5.11 Å². The van der Waals surface area contributed by atoms with E-state index in [1.807, 2.05) is 25.1 Å². The molecule has 5 nitrogen and oxygen atoms in total. The van der Waals surface area contributed by atoms with E-state index in [0.29, 0.717) is 17.9 Å². The third-order valence-corrected chi connectivity index (χ3v) is 4.27. The monoisotopic (exact) mass is 339 g/mol. The highest BCUT2D eigenvalue weighted by Gasteiger charge is 2.15. The lowest BCUT2D eigenvalue weighted by atomic mass is 10.2. The van der Waals surface area contributed by atoms with E-state index < -0.39 is 0 Å². The van der Waals surface area contributed by atoms with Crippen molar-refractivity contribution in [3.63, 3.8) is 0 Å². The molecule has 1 aliphatic heterocycles. The average Bonchev–Trinajstić information content (AvgIpc) is 2.63. The topological polar surface area (TPSA) is 48.3 Å². The molecular formula is C20H25N3O2. The fourth-order valence-electron chi connectivity index (χ4n) is 2.89. The van der Waals surface area contributed by atoms with Gasteiger partial charge in [0.15, 0.2) is 0 Å². The van der Waals surface area contributed by atoms with Gasteiger partial charge in [-0.25, -0.2) is 0 Å². The first-order chi connectivity index (χ1) is 12.2. The summed E-state index contributed by atoms with van der Waals surface area (Å²) in [6.07, 6.45) is 1.72. The smallest absolute Gasteiger partial charge is 0.128 e. The zero-order valence-electron chi connectivity index (χ0n) is 14.6. The Balaban J connectivity index is 1.51. The third kappa shape index (κ3) is 4.97. The molecule has 1 heterocycles. The Kier molecular flexibility index (Phi) is 5.90. The molecule has 5 heteroatoms. The second-order valence-electron chi connectivity index (χ2n) is 6.11. The Morgan fingerprint density at radius 1 is 1.08 bits per heavy atom. The molecule has 25 heavy (non-hydrogen) atoms. The van der Waals surface area contributed by atoms with Crippen molar-refractivity contribution < 1.29 is 9.84 Å². The maximum Gasteiger partial charge on any atom is 0.128 e. The molecule has 1 saturated heterocycles. The minimum atomic E-state index is 0.192. The summed E-state index contributed by atoms with van der Waals surface area (Å²) in [5, 5.41) is 16.6. The Labute approximate surface area is 149 Å². The van der Waals surface area contributed by atoms with Gasteiger partial charge in [0.2, 0.25) is 0 Å². The summed E-state index contributed by atoms with van der Waals surface area (Å²) >= 11 is 0. The summed E-state index contributed by atoms with van der Waals surface area (Å²) < 4.78 is 5.38. The van der Waals surface area contributed by atoms with Gasteiger partial charge in [-0.05, 0) is 24.6 Å². The van der Waals surface area contributed by atoms with Crippen LogP contribution < -0.4 is 4.74 Å². The molecule has 0 aliphatic carbocycles. The zero-order valence-corrected chi connectivity index (χ0v) is 14.6. The van der Waals surface area contributed by atoms with E-state index in [0.717, 1.165) is 32.7 Å². The summed E-state index contributed by atoms with van der Waals surface area (Å²) in [4.78, 5) is 2.44. The Hall–Kier alpha value is -2.53. The van der Waals surface area contributed by atoms with Gasteiger partial charge in [-0.3, -0.25) is 9.91 Å². The van der Waals surface area contributed by atoms with Crippen molar-refractivity contribution in [2.45, 2.75) is 13.5 Å². The van der Waals surface area contributed by atoms with E-state index in [1.165, 1.54) is 5.56 Å². The molecule has 1 aliphatic rings. The highest BCUT2D eigenvalue weighted by Crippen LogP contribution is 2.22. The number of piperazine rings is 1. The van der Waals surface area contributed by atoms with Crippen molar-refractivity contribution in [2.24, 2.45) is 5.10 Å². The fourth-order valence-corrected chi connectivity index (χ4v) is 2.89. The van der Waals surface area contributed by atoms with Crippen LogP contribution in [0, 0.1) is 0 Å². The van der Waals surface area contributed by atoms with E-state index in [-0.39, 0.29) is 5.75 Å². The fraction of sp³-hybridized carbons (Fsp3) is 0.350. The number of hydrogen-bond donors (Lipinski definition) is 1.